The smallest absolute Gasteiger partial charge is 0.333 e. The highest BCUT2D eigenvalue weighted by Crippen LogP contribution is 2.21. The third-order valence-electron chi connectivity index (χ3n) is 5.74. The normalized spacial score (nSPS) is 11.3. The molecule has 0 aliphatic rings. The summed E-state index contributed by atoms with van der Waals surface area (Å²) in [6.45, 7) is 0.382. The van der Waals surface area contributed by atoms with Crippen molar-refractivity contribution < 1.29 is 9.47 Å². The molecule has 9 heteroatoms. The first-order valence-corrected chi connectivity index (χ1v) is 11.4. The Labute approximate surface area is 202 Å². The molecule has 2 aromatic carbocycles. The lowest BCUT2D eigenvalue weighted by molar-refractivity contribution is 0.414. The van der Waals surface area contributed by atoms with Gasteiger partial charge in [0.25, 0.3) is 5.56 Å². The Morgan fingerprint density at radius 3 is 1.91 bits per heavy atom. The summed E-state index contributed by atoms with van der Waals surface area (Å²) in [4.78, 5) is 31.8. The summed E-state index contributed by atoms with van der Waals surface area (Å²) in [5, 5.41) is 0. The Balaban J connectivity index is 1.74. The van der Waals surface area contributed by atoms with Crippen LogP contribution in [0.1, 0.15) is 11.1 Å². The van der Waals surface area contributed by atoms with Gasteiger partial charge >= 0.3 is 5.69 Å². The van der Waals surface area contributed by atoms with Crippen molar-refractivity contribution in [1.82, 2.24) is 18.5 Å². The van der Waals surface area contributed by atoms with Crippen LogP contribution in [0.25, 0.3) is 16.8 Å². The largest absolute Gasteiger partial charge is 0.497 e. The molecule has 0 amide bonds. The van der Waals surface area contributed by atoms with Gasteiger partial charge in [-0.15, -0.1) is 0 Å². The molecule has 5 aromatic rings. The van der Waals surface area contributed by atoms with Crippen molar-refractivity contribution in [1.29, 1.82) is 0 Å². The summed E-state index contributed by atoms with van der Waals surface area (Å²) < 4.78 is 15.8. The molecule has 172 valence electrons. The highest BCUT2D eigenvalue weighted by atomic mass is 79.9. The maximum atomic E-state index is 13.7. The van der Waals surface area contributed by atoms with Gasteiger partial charge in [0.2, 0.25) is 0 Å². The van der Waals surface area contributed by atoms with Gasteiger partial charge in [-0.25, -0.2) is 9.78 Å². The second-order valence-corrected chi connectivity index (χ2v) is 8.59. The van der Waals surface area contributed by atoms with Gasteiger partial charge < -0.3 is 9.47 Å². The fourth-order valence-corrected chi connectivity index (χ4v) is 4.49. The average Bonchev–Trinajstić information content (AvgIpc) is 3.26. The van der Waals surface area contributed by atoms with Crippen LogP contribution in [0.2, 0.25) is 0 Å². The van der Waals surface area contributed by atoms with Gasteiger partial charge in [-0.2, -0.15) is 0 Å². The highest BCUT2D eigenvalue weighted by Gasteiger charge is 2.20. The van der Waals surface area contributed by atoms with Crippen LogP contribution in [0.5, 0.6) is 11.5 Å². The molecule has 34 heavy (non-hydrogen) atoms. The SMILES string of the molecule is COc1ccc(Cn2c(=O)c3nc4cccc(Br)n4c3n(Cc3ccc(OC)cc3)c2=O)cc1. The van der Waals surface area contributed by atoms with E-state index in [0.717, 1.165) is 16.9 Å². The number of hydrogen-bond donors (Lipinski definition) is 0. The van der Waals surface area contributed by atoms with Crippen LogP contribution in [-0.4, -0.2) is 32.7 Å². The number of pyridine rings is 1. The molecule has 3 heterocycles. The molecule has 0 unspecified atom stereocenters. The summed E-state index contributed by atoms with van der Waals surface area (Å²) in [7, 11) is 3.20. The van der Waals surface area contributed by atoms with E-state index in [1.807, 2.05) is 48.5 Å². The van der Waals surface area contributed by atoms with Gasteiger partial charge in [0.05, 0.1) is 31.9 Å². The minimum absolute atomic E-state index is 0.120. The van der Waals surface area contributed by atoms with Crippen molar-refractivity contribution in [3.63, 3.8) is 0 Å². The summed E-state index contributed by atoms with van der Waals surface area (Å²) in [6, 6.07) is 20.2. The van der Waals surface area contributed by atoms with Crippen LogP contribution < -0.4 is 20.7 Å². The number of nitrogens with zero attached hydrogens (tertiary/aromatic N) is 4. The number of fused-ring (bicyclic) bond motifs is 3. The Morgan fingerprint density at radius 2 is 1.35 bits per heavy atom. The number of halogens is 1. The standard InChI is InChI=1S/C25H21BrN4O4/c1-33-18-10-6-16(7-11-18)14-28-23-22(27-21-5-3-4-20(26)30(21)23)24(31)29(25(28)32)15-17-8-12-19(34-2)13-9-17/h3-13H,14-15H2,1-2H3. The molecule has 0 atom stereocenters. The summed E-state index contributed by atoms with van der Waals surface area (Å²) >= 11 is 3.54. The molecule has 0 bridgehead atoms. The quantitative estimate of drug-likeness (QED) is 0.319. The number of ether oxygens (including phenoxy) is 2. The molecule has 0 saturated carbocycles. The molecule has 0 N–H and O–H groups in total. The van der Waals surface area contributed by atoms with Gasteiger partial charge in [0.15, 0.2) is 11.2 Å². The van der Waals surface area contributed by atoms with E-state index in [9.17, 15) is 9.59 Å². The predicted molar refractivity (Wildman–Crippen MR) is 133 cm³/mol. The number of aromatic nitrogens is 4. The first-order chi connectivity index (χ1) is 16.5. The van der Waals surface area contributed by atoms with E-state index in [1.165, 1.54) is 4.57 Å². The Morgan fingerprint density at radius 1 is 0.794 bits per heavy atom. The van der Waals surface area contributed by atoms with Crippen molar-refractivity contribution in [3.8, 4) is 11.5 Å². The highest BCUT2D eigenvalue weighted by molar-refractivity contribution is 9.10. The molecule has 5 rings (SSSR count). The van der Waals surface area contributed by atoms with E-state index in [1.54, 1.807) is 41.4 Å². The van der Waals surface area contributed by atoms with Gasteiger partial charge in [0, 0.05) is 0 Å². The molecule has 0 saturated heterocycles. The number of hydrogen-bond acceptors (Lipinski definition) is 5. The van der Waals surface area contributed by atoms with Gasteiger partial charge in [0.1, 0.15) is 17.1 Å². The summed E-state index contributed by atoms with van der Waals surface area (Å²) in [5.74, 6) is 1.43. The maximum absolute atomic E-state index is 13.7. The van der Waals surface area contributed by atoms with E-state index in [-0.39, 0.29) is 18.6 Å². The Hall–Kier alpha value is -3.85. The topological polar surface area (TPSA) is 79.8 Å². The zero-order valence-corrected chi connectivity index (χ0v) is 20.2. The van der Waals surface area contributed by atoms with Crippen molar-refractivity contribution in [2.45, 2.75) is 13.1 Å². The van der Waals surface area contributed by atoms with Crippen molar-refractivity contribution in [3.05, 3.63) is 103 Å². The van der Waals surface area contributed by atoms with Crippen LogP contribution in [0.3, 0.4) is 0 Å². The Bertz CT molecular complexity index is 1620. The minimum atomic E-state index is -0.433. The lowest BCUT2D eigenvalue weighted by Gasteiger charge is -2.14. The fourth-order valence-electron chi connectivity index (χ4n) is 3.99. The first kappa shape index (κ1) is 22.0. The van der Waals surface area contributed by atoms with Crippen LogP contribution in [-0.2, 0) is 13.1 Å². The van der Waals surface area contributed by atoms with Crippen LogP contribution in [0, 0.1) is 0 Å². The number of methoxy groups -OCH3 is 2. The first-order valence-electron chi connectivity index (χ1n) is 10.6. The van der Waals surface area contributed by atoms with Gasteiger partial charge in [-0.3, -0.25) is 18.3 Å². The maximum Gasteiger partial charge on any atom is 0.333 e. The molecule has 0 fully saturated rings. The van der Waals surface area contributed by atoms with E-state index in [0.29, 0.717) is 21.6 Å². The average molecular weight is 521 g/mol. The lowest BCUT2D eigenvalue weighted by atomic mass is 10.2. The zero-order chi connectivity index (χ0) is 23.8. The van der Waals surface area contributed by atoms with Gasteiger partial charge in [-0.05, 0) is 63.5 Å². The second-order valence-electron chi connectivity index (χ2n) is 7.78. The van der Waals surface area contributed by atoms with Crippen LogP contribution in [0.4, 0.5) is 0 Å². The third kappa shape index (κ3) is 3.77. The van der Waals surface area contributed by atoms with Crippen LogP contribution >= 0.6 is 15.9 Å². The number of imidazole rings is 1. The molecule has 0 spiro atoms. The van der Waals surface area contributed by atoms with Crippen molar-refractivity contribution in [2.75, 3.05) is 14.2 Å². The summed E-state index contributed by atoms with van der Waals surface area (Å²) in [5.41, 5.74) is 2.10. The van der Waals surface area contributed by atoms with E-state index >= 15 is 0 Å². The lowest BCUT2D eigenvalue weighted by Crippen LogP contribution is -2.40. The molecular formula is C25H21BrN4O4. The van der Waals surface area contributed by atoms with Crippen molar-refractivity contribution in [2.24, 2.45) is 0 Å². The molecule has 8 nitrogen and oxygen atoms in total. The van der Waals surface area contributed by atoms with Gasteiger partial charge in [-0.1, -0.05) is 30.3 Å². The number of rotatable bonds is 6. The molecule has 0 aliphatic heterocycles. The fraction of sp³-hybridized carbons (Fsp3) is 0.160. The minimum Gasteiger partial charge on any atom is -0.497 e. The molecule has 3 aromatic heterocycles. The monoisotopic (exact) mass is 520 g/mol. The molecule has 0 radical (unpaired) electrons. The van der Waals surface area contributed by atoms with E-state index < -0.39 is 11.2 Å². The molecular weight excluding hydrogens is 500 g/mol. The zero-order valence-electron chi connectivity index (χ0n) is 18.6. The van der Waals surface area contributed by atoms with E-state index in [2.05, 4.69) is 20.9 Å². The van der Waals surface area contributed by atoms with E-state index in [4.69, 9.17) is 9.47 Å². The second kappa shape index (κ2) is 8.83. The Kier molecular flexibility index (Phi) is 5.70. The van der Waals surface area contributed by atoms with Crippen LogP contribution in [0.15, 0.2) is 80.9 Å². The number of benzene rings is 2. The molecule has 0 aliphatic carbocycles. The third-order valence-corrected chi connectivity index (χ3v) is 6.36. The van der Waals surface area contributed by atoms with Crippen molar-refractivity contribution >= 4 is 32.7 Å². The summed E-state index contributed by atoms with van der Waals surface area (Å²) in [6.07, 6.45) is 0. The predicted octanol–water partition coefficient (Wildman–Crippen LogP) is 3.69.